The van der Waals surface area contributed by atoms with E-state index in [9.17, 15) is 9.59 Å². The third-order valence-corrected chi connectivity index (χ3v) is 5.94. The van der Waals surface area contributed by atoms with E-state index >= 15 is 0 Å². The Bertz CT molecular complexity index is 1310. The van der Waals surface area contributed by atoms with Crippen LogP contribution in [0.25, 0.3) is 11.4 Å². The van der Waals surface area contributed by atoms with E-state index in [2.05, 4.69) is 25.3 Å². The van der Waals surface area contributed by atoms with Crippen LogP contribution in [0.15, 0.2) is 59.3 Å². The summed E-state index contributed by atoms with van der Waals surface area (Å²) in [7, 11) is 0. The first-order chi connectivity index (χ1) is 17.0. The average molecular weight is 473 g/mol. The molecule has 11 heteroatoms. The van der Waals surface area contributed by atoms with Crippen molar-refractivity contribution in [3.05, 3.63) is 60.2 Å². The second-order valence-corrected chi connectivity index (χ2v) is 8.30. The molecule has 1 fully saturated rings. The van der Waals surface area contributed by atoms with Gasteiger partial charge in [-0.05, 0) is 18.6 Å². The third-order valence-electron chi connectivity index (χ3n) is 5.94. The fourth-order valence-corrected chi connectivity index (χ4v) is 4.04. The number of rotatable bonds is 7. The molecule has 3 aromatic rings. The number of ether oxygens (including phenoxy) is 1. The smallest absolute Gasteiger partial charge is 0.407 e. The number of aromatic nitrogens is 4. The monoisotopic (exact) mass is 473 g/mol. The van der Waals surface area contributed by atoms with Gasteiger partial charge in [0.15, 0.2) is 17.4 Å². The van der Waals surface area contributed by atoms with E-state index < -0.39 is 12.0 Å². The van der Waals surface area contributed by atoms with Crippen LogP contribution in [0.1, 0.15) is 30.0 Å². The zero-order valence-electron chi connectivity index (χ0n) is 19.0. The number of ketones is 1. The van der Waals surface area contributed by atoms with Crippen LogP contribution in [-0.2, 0) is 11.2 Å². The van der Waals surface area contributed by atoms with Crippen LogP contribution >= 0.6 is 0 Å². The number of hydrogen-bond donors (Lipinski definition) is 1. The molecule has 1 unspecified atom stereocenters. The van der Waals surface area contributed by atoms with Gasteiger partial charge in [0.1, 0.15) is 5.71 Å². The molecular formula is C24H23N7O4. The second-order valence-electron chi connectivity index (χ2n) is 8.30. The van der Waals surface area contributed by atoms with Crippen molar-refractivity contribution in [2.75, 3.05) is 19.7 Å². The summed E-state index contributed by atoms with van der Waals surface area (Å²) in [6.07, 6.45) is 7.58. The highest BCUT2D eigenvalue weighted by atomic mass is 16.5. The van der Waals surface area contributed by atoms with Crippen molar-refractivity contribution in [2.24, 2.45) is 10.2 Å². The summed E-state index contributed by atoms with van der Waals surface area (Å²) in [6, 6.07) is 7.62. The van der Waals surface area contributed by atoms with Gasteiger partial charge in [0.05, 0.1) is 37.2 Å². The number of carbonyl (C=O) groups excluding carboxylic acids is 1. The molecule has 178 valence electrons. The van der Waals surface area contributed by atoms with E-state index in [1.54, 1.807) is 29.5 Å². The Morgan fingerprint density at radius 2 is 2.00 bits per heavy atom. The fourth-order valence-electron chi connectivity index (χ4n) is 4.04. The molecular weight excluding hydrogens is 450 g/mol. The summed E-state index contributed by atoms with van der Waals surface area (Å²) in [5, 5.41) is 21.5. The van der Waals surface area contributed by atoms with Crippen LogP contribution in [0.2, 0.25) is 0 Å². The number of amides is 1. The molecule has 4 heterocycles. The molecule has 35 heavy (non-hydrogen) atoms. The van der Waals surface area contributed by atoms with Gasteiger partial charge in [0.2, 0.25) is 0 Å². The van der Waals surface area contributed by atoms with Crippen molar-refractivity contribution in [3.63, 3.8) is 0 Å². The number of benzene rings is 1. The molecule has 2 aliphatic rings. The molecule has 0 saturated carbocycles. The molecule has 5 rings (SSSR count). The lowest BCUT2D eigenvalue weighted by Gasteiger charge is -2.36. The Hall–Kier alpha value is -4.41. The predicted molar refractivity (Wildman–Crippen MR) is 127 cm³/mol. The number of likely N-dealkylation sites (tertiary alicyclic amines) is 1. The standard InChI is InChI=1S/C24H23N7O4/c1-2-35-19-9-25-23(26-10-19)16-5-3-4-15(6-16)7-21-22(32)20(11-27-29-21)17-8-28-31(12-17)18-13-30(14-18)24(33)34/h3-6,8-12,18,20H,2,7,13-14H2,1H3,(H,33,34). The van der Waals surface area contributed by atoms with Crippen molar-refractivity contribution in [2.45, 2.75) is 25.3 Å². The van der Waals surface area contributed by atoms with Crippen LogP contribution in [0, 0.1) is 0 Å². The second kappa shape index (κ2) is 9.45. The topological polar surface area (TPSA) is 135 Å². The maximum atomic E-state index is 13.2. The highest BCUT2D eigenvalue weighted by molar-refractivity contribution is 6.45. The number of carboxylic acid groups (broad SMARTS) is 1. The van der Waals surface area contributed by atoms with Gasteiger partial charge < -0.3 is 14.7 Å². The van der Waals surface area contributed by atoms with Crippen LogP contribution in [0.5, 0.6) is 5.75 Å². The molecule has 1 saturated heterocycles. The molecule has 2 aromatic heterocycles. The van der Waals surface area contributed by atoms with E-state index in [0.29, 0.717) is 49.0 Å². The van der Waals surface area contributed by atoms with Crippen molar-refractivity contribution >= 4 is 23.8 Å². The summed E-state index contributed by atoms with van der Waals surface area (Å²) >= 11 is 0. The van der Waals surface area contributed by atoms with Crippen molar-refractivity contribution in [1.82, 2.24) is 24.6 Å². The van der Waals surface area contributed by atoms with E-state index in [0.717, 1.165) is 11.1 Å². The van der Waals surface area contributed by atoms with E-state index in [-0.39, 0.29) is 11.8 Å². The van der Waals surface area contributed by atoms with Crippen LogP contribution in [0.4, 0.5) is 4.79 Å². The van der Waals surface area contributed by atoms with E-state index in [1.165, 1.54) is 11.1 Å². The lowest BCUT2D eigenvalue weighted by molar-refractivity contribution is -0.113. The largest absolute Gasteiger partial charge is 0.491 e. The summed E-state index contributed by atoms with van der Waals surface area (Å²) < 4.78 is 7.10. The fraction of sp³-hybridized carbons (Fsp3) is 0.292. The maximum absolute atomic E-state index is 13.2. The highest BCUT2D eigenvalue weighted by Crippen LogP contribution is 2.25. The molecule has 1 aromatic carbocycles. The van der Waals surface area contributed by atoms with Crippen molar-refractivity contribution in [3.8, 4) is 17.1 Å². The van der Waals surface area contributed by atoms with Gasteiger partial charge in [-0.15, -0.1) is 0 Å². The number of hydrogen-bond acceptors (Lipinski definition) is 8. The van der Waals surface area contributed by atoms with Crippen LogP contribution in [-0.4, -0.2) is 73.3 Å². The summed E-state index contributed by atoms with van der Waals surface area (Å²) in [4.78, 5) is 34.2. The first-order valence-electron chi connectivity index (χ1n) is 11.2. The van der Waals surface area contributed by atoms with E-state index in [4.69, 9.17) is 9.84 Å². The molecule has 0 spiro atoms. The van der Waals surface area contributed by atoms with Crippen LogP contribution < -0.4 is 4.74 Å². The van der Waals surface area contributed by atoms with Gasteiger partial charge >= 0.3 is 6.09 Å². The molecule has 0 radical (unpaired) electrons. The van der Waals surface area contributed by atoms with E-state index in [1.807, 2.05) is 31.2 Å². The Morgan fingerprint density at radius 1 is 1.20 bits per heavy atom. The quantitative estimate of drug-likeness (QED) is 0.557. The lowest BCUT2D eigenvalue weighted by Crippen LogP contribution is -2.50. The Kier molecular flexibility index (Phi) is 6.04. The third kappa shape index (κ3) is 4.65. The minimum atomic E-state index is -0.942. The summed E-state index contributed by atoms with van der Waals surface area (Å²) in [6.45, 7) is 3.20. The minimum absolute atomic E-state index is 0.0313. The molecule has 1 amide bonds. The lowest BCUT2D eigenvalue weighted by atomic mass is 9.91. The molecule has 2 aliphatic heterocycles. The number of Topliss-reactive ketones (excluding diaryl/α,β-unsaturated/α-hetero) is 1. The van der Waals surface area contributed by atoms with Gasteiger partial charge in [-0.2, -0.15) is 15.3 Å². The SMILES string of the molecule is CCOc1cnc(-c2cccc(CC3=NN=CC(c4cnn(C5CN(C(=O)O)C5)c4)C3=O)c2)nc1. The Balaban J connectivity index is 1.27. The first kappa shape index (κ1) is 22.4. The van der Waals surface area contributed by atoms with Gasteiger partial charge in [-0.1, -0.05) is 18.2 Å². The average Bonchev–Trinajstić information content (AvgIpc) is 3.29. The minimum Gasteiger partial charge on any atom is -0.491 e. The summed E-state index contributed by atoms with van der Waals surface area (Å²) in [5.41, 5.74) is 2.78. The molecule has 0 aliphatic carbocycles. The Morgan fingerprint density at radius 3 is 2.74 bits per heavy atom. The molecule has 1 atom stereocenters. The van der Waals surface area contributed by atoms with Crippen molar-refractivity contribution in [1.29, 1.82) is 0 Å². The van der Waals surface area contributed by atoms with Crippen LogP contribution in [0.3, 0.4) is 0 Å². The van der Waals surface area contributed by atoms with Gasteiger partial charge in [0, 0.05) is 43.0 Å². The first-order valence-corrected chi connectivity index (χ1v) is 11.2. The van der Waals surface area contributed by atoms with Crippen molar-refractivity contribution < 1.29 is 19.4 Å². The predicted octanol–water partition coefficient (Wildman–Crippen LogP) is 2.61. The van der Waals surface area contributed by atoms with Gasteiger partial charge in [0.25, 0.3) is 0 Å². The van der Waals surface area contributed by atoms with Gasteiger partial charge in [-0.25, -0.2) is 14.8 Å². The number of nitrogens with zero attached hydrogens (tertiary/aromatic N) is 7. The normalized spacial score (nSPS) is 17.7. The molecule has 1 N–H and O–H groups in total. The zero-order chi connectivity index (χ0) is 24.4. The number of carbonyl (C=O) groups is 2. The highest BCUT2D eigenvalue weighted by Gasteiger charge is 2.34. The maximum Gasteiger partial charge on any atom is 0.407 e. The Labute approximate surface area is 200 Å². The molecule has 0 bridgehead atoms. The zero-order valence-corrected chi connectivity index (χ0v) is 19.0. The molecule has 11 nitrogen and oxygen atoms in total. The summed E-state index contributed by atoms with van der Waals surface area (Å²) in [5.74, 6) is 0.457. The van der Waals surface area contributed by atoms with Gasteiger partial charge in [-0.3, -0.25) is 9.48 Å².